The van der Waals surface area contributed by atoms with Crippen LogP contribution in [0.4, 0.5) is 10.1 Å². The van der Waals surface area contributed by atoms with Gasteiger partial charge in [0.05, 0.1) is 12.2 Å². The van der Waals surface area contributed by atoms with Crippen LogP contribution in [-0.4, -0.2) is 12.5 Å². The predicted molar refractivity (Wildman–Crippen MR) is 87.9 cm³/mol. The lowest BCUT2D eigenvalue weighted by Gasteiger charge is -2.14. The van der Waals surface area contributed by atoms with Gasteiger partial charge in [-0.15, -0.1) is 0 Å². The molecule has 0 saturated heterocycles. The third-order valence-corrected chi connectivity index (χ3v) is 3.59. The average Bonchev–Trinajstić information content (AvgIpc) is 2.48. The minimum atomic E-state index is -0.527. The summed E-state index contributed by atoms with van der Waals surface area (Å²) in [5.41, 5.74) is 1.03. The lowest BCUT2D eigenvalue weighted by atomic mass is 10.1. The number of benzene rings is 2. The molecule has 0 saturated carbocycles. The Morgan fingerprint density at radius 1 is 1.18 bits per heavy atom. The summed E-state index contributed by atoms with van der Waals surface area (Å²) in [4.78, 5) is 11.9. The van der Waals surface area contributed by atoms with Crippen LogP contribution in [-0.2, 0) is 4.79 Å². The number of hydrogen-bond acceptors (Lipinski definition) is 2. The van der Waals surface area contributed by atoms with Gasteiger partial charge in [0.1, 0.15) is 5.82 Å². The van der Waals surface area contributed by atoms with Gasteiger partial charge in [0, 0.05) is 16.1 Å². The molecule has 2 aromatic rings. The molecule has 0 fully saturated rings. The van der Waals surface area contributed by atoms with Crippen molar-refractivity contribution in [2.24, 2.45) is 0 Å². The monoisotopic (exact) mass is 340 g/mol. The number of carbonyl (C=O) groups is 1. The molecule has 6 heteroatoms. The lowest BCUT2D eigenvalue weighted by Crippen LogP contribution is -2.30. The van der Waals surface area contributed by atoms with Crippen LogP contribution in [0.25, 0.3) is 0 Å². The van der Waals surface area contributed by atoms with E-state index in [0.717, 1.165) is 5.56 Å². The Morgan fingerprint density at radius 2 is 1.91 bits per heavy atom. The highest BCUT2D eigenvalue weighted by atomic mass is 35.5. The van der Waals surface area contributed by atoms with Gasteiger partial charge in [-0.3, -0.25) is 4.79 Å². The van der Waals surface area contributed by atoms with Crippen LogP contribution < -0.4 is 10.6 Å². The molecule has 0 aliphatic carbocycles. The van der Waals surface area contributed by atoms with Crippen molar-refractivity contribution in [2.45, 2.75) is 13.0 Å². The molecule has 3 nitrogen and oxygen atoms in total. The van der Waals surface area contributed by atoms with Gasteiger partial charge >= 0.3 is 0 Å². The van der Waals surface area contributed by atoms with Crippen molar-refractivity contribution in [3.8, 4) is 0 Å². The highest BCUT2D eigenvalue weighted by molar-refractivity contribution is 6.31. The van der Waals surface area contributed by atoms with Crippen molar-refractivity contribution in [3.63, 3.8) is 0 Å². The van der Waals surface area contributed by atoms with Gasteiger partial charge in [-0.2, -0.15) is 0 Å². The molecule has 0 spiro atoms. The molecule has 0 radical (unpaired) electrons. The maximum absolute atomic E-state index is 13.5. The van der Waals surface area contributed by atoms with Crippen molar-refractivity contribution >= 4 is 34.8 Å². The summed E-state index contributed by atoms with van der Waals surface area (Å²) in [7, 11) is 0. The van der Waals surface area contributed by atoms with E-state index in [9.17, 15) is 9.18 Å². The van der Waals surface area contributed by atoms with E-state index >= 15 is 0 Å². The van der Waals surface area contributed by atoms with Crippen LogP contribution in [0.3, 0.4) is 0 Å². The van der Waals surface area contributed by atoms with E-state index in [0.29, 0.717) is 10.0 Å². The zero-order valence-corrected chi connectivity index (χ0v) is 13.4. The molecule has 1 atom stereocenters. The Morgan fingerprint density at radius 3 is 2.64 bits per heavy atom. The summed E-state index contributed by atoms with van der Waals surface area (Å²) in [5.74, 6) is -0.879. The van der Waals surface area contributed by atoms with Crippen molar-refractivity contribution in [2.75, 3.05) is 11.9 Å². The van der Waals surface area contributed by atoms with Crippen LogP contribution >= 0.6 is 23.2 Å². The number of halogens is 3. The van der Waals surface area contributed by atoms with E-state index in [4.69, 9.17) is 23.2 Å². The average molecular weight is 341 g/mol. The summed E-state index contributed by atoms with van der Waals surface area (Å²) >= 11 is 11.7. The zero-order chi connectivity index (χ0) is 16.1. The molecule has 0 bridgehead atoms. The second kappa shape index (κ2) is 7.58. The molecular formula is C16H15Cl2FN2O. The summed E-state index contributed by atoms with van der Waals surface area (Å²) < 4.78 is 13.5. The van der Waals surface area contributed by atoms with E-state index < -0.39 is 5.82 Å². The summed E-state index contributed by atoms with van der Waals surface area (Å²) in [6, 6.07) is 11.3. The number of hydrogen-bond donors (Lipinski definition) is 2. The molecule has 0 aromatic heterocycles. The first-order valence-electron chi connectivity index (χ1n) is 6.69. The van der Waals surface area contributed by atoms with Crippen molar-refractivity contribution in [1.82, 2.24) is 5.32 Å². The molecule has 0 heterocycles. The quantitative estimate of drug-likeness (QED) is 0.845. The molecule has 116 valence electrons. The highest BCUT2D eigenvalue weighted by Crippen LogP contribution is 2.20. The topological polar surface area (TPSA) is 41.1 Å². The van der Waals surface area contributed by atoms with Gasteiger partial charge in [-0.05, 0) is 42.8 Å². The maximum atomic E-state index is 13.5. The number of carbonyl (C=O) groups excluding carboxylic acids is 1. The Labute approximate surface area is 138 Å². The zero-order valence-electron chi connectivity index (χ0n) is 11.9. The molecule has 22 heavy (non-hydrogen) atoms. The first-order chi connectivity index (χ1) is 10.5. The largest absolute Gasteiger partial charge is 0.322 e. The van der Waals surface area contributed by atoms with Crippen molar-refractivity contribution < 1.29 is 9.18 Å². The van der Waals surface area contributed by atoms with Gasteiger partial charge in [0.15, 0.2) is 0 Å². The van der Waals surface area contributed by atoms with Gasteiger partial charge in [0.25, 0.3) is 0 Å². The molecular weight excluding hydrogens is 326 g/mol. The van der Waals surface area contributed by atoms with E-state index in [1.165, 1.54) is 18.2 Å². The number of nitrogens with one attached hydrogen (secondary N) is 2. The Balaban J connectivity index is 1.91. The van der Waals surface area contributed by atoms with E-state index in [1.807, 2.05) is 25.1 Å². The second-order valence-corrected chi connectivity index (χ2v) is 5.70. The van der Waals surface area contributed by atoms with Crippen LogP contribution in [0, 0.1) is 5.82 Å². The molecule has 0 aliphatic rings. The lowest BCUT2D eigenvalue weighted by molar-refractivity contribution is -0.115. The fourth-order valence-electron chi connectivity index (χ4n) is 1.93. The Bertz CT molecular complexity index is 679. The first-order valence-corrected chi connectivity index (χ1v) is 7.45. The van der Waals surface area contributed by atoms with Crippen LogP contribution in [0.15, 0.2) is 42.5 Å². The van der Waals surface area contributed by atoms with E-state index in [-0.39, 0.29) is 24.2 Å². The fourth-order valence-corrected chi connectivity index (χ4v) is 2.30. The SMILES string of the molecule is C[C@H](NCC(=O)Nc1cc(Cl)ccc1F)c1cccc(Cl)c1. The molecule has 2 aromatic carbocycles. The van der Waals surface area contributed by atoms with Crippen molar-refractivity contribution in [3.05, 3.63) is 63.9 Å². The van der Waals surface area contributed by atoms with Gasteiger partial charge in [-0.1, -0.05) is 35.3 Å². The normalized spacial score (nSPS) is 12.0. The van der Waals surface area contributed by atoms with Crippen LogP contribution in [0.5, 0.6) is 0 Å². The smallest absolute Gasteiger partial charge is 0.238 e. The summed E-state index contributed by atoms with van der Waals surface area (Å²) in [6.45, 7) is 1.96. The maximum Gasteiger partial charge on any atom is 0.238 e. The van der Waals surface area contributed by atoms with Gasteiger partial charge in [0.2, 0.25) is 5.91 Å². The molecule has 1 amide bonds. The van der Waals surface area contributed by atoms with Crippen LogP contribution in [0.1, 0.15) is 18.5 Å². The standard InChI is InChI=1S/C16H15Cl2FN2O/c1-10(11-3-2-4-12(17)7-11)20-9-16(22)21-15-8-13(18)5-6-14(15)19/h2-8,10,20H,9H2,1H3,(H,21,22)/t10-/m0/s1. The molecule has 0 unspecified atom stereocenters. The number of rotatable bonds is 5. The minimum absolute atomic E-state index is 0.0413. The number of anilines is 1. The molecule has 2 rings (SSSR count). The Hall–Kier alpha value is -1.62. The fraction of sp³-hybridized carbons (Fsp3) is 0.188. The predicted octanol–water partition coefficient (Wildman–Crippen LogP) is 4.42. The van der Waals surface area contributed by atoms with E-state index in [1.54, 1.807) is 6.07 Å². The van der Waals surface area contributed by atoms with E-state index in [2.05, 4.69) is 10.6 Å². The molecule has 2 N–H and O–H groups in total. The first kappa shape index (κ1) is 16.7. The second-order valence-electron chi connectivity index (χ2n) is 4.83. The minimum Gasteiger partial charge on any atom is -0.322 e. The summed E-state index contributed by atoms with van der Waals surface area (Å²) in [5, 5.41) is 6.53. The van der Waals surface area contributed by atoms with Crippen LogP contribution in [0.2, 0.25) is 10.0 Å². The number of amides is 1. The summed E-state index contributed by atoms with van der Waals surface area (Å²) in [6.07, 6.45) is 0. The van der Waals surface area contributed by atoms with Gasteiger partial charge < -0.3 is 10.6 Å². The van der Waals surface area contributed by atoms with Gasteiger partial charge in [-0.25, -0.2) is 4.39 Å². The van der Waals surface area contributed by atoms with Crippen molar-refractivity contribution in [1.29, 1.82) is 0 Å². The Kier molecular flexibility index (Phi) is 5.77. The molecule has 0 aliphatic heterocycles. The third kappa shape index (κ3) is 4.70. The highest BCUT2D eigenvalue weighted by Gasteiger charge is 2.10. The third-order valence-electron chi connectivity index (χ3n) is 3.12.